The first-order valence-corrected chi connectivity index (χ1v) is 5.52. The molecule has 0 radical (unpaired) electrons. The minimum Gasteiger partial charge on any atom is -0.482 e. The summed E-state index contributed by atoms with van der Waals surface area (Å²) in [6, 6.07) is 3.52. The summed E-state index contributed by atoms with van der Waals surface area (Å²) >= 11 is 3.21. The number of amides is 1. The molecule has 1 N–H and O–H groups in total. The minimum atomic E-state index is -0.111. The highest BCUT2D eigenvalue weighted by molar-refractivity contribution is 9.10. The summed E-state index contributed by atoms with van der Waals surface area (Å²) in [7, 11) is 0. The first kappa shape index (κ1) is 12.0. The van der Waals surface area contributed by atoms with Crippen molar-refractivity contribution in [2.75, 3.05) is 13.2 Å². The molecule has 1 rings (SSSR count). The normalized spacial score (nSPS) is 9.73. The van der Waals surface area contributed by atoms with E-state index in [0.717, 1.165) is 11.0 Å². The molecule has 15 heavy (non-hydrogen) atoms. The van der Waals surface area contributed by atoms with Crippen LogP contribution in [0.1, 0.15) is 13.3 Å². The van der Waals surface area contributed by atoms with E-state index in [0.29, 0.717) is 12.3 Å². The van der Waals surface area contributed by atoms with Crippen molar-refractivity contribution in [1.29, 1.82) is 0 Å². The summed E-state index contributed by atoms with van der Waals surface area (Å²) in [4.78, 5) is 15.2. The van der Waals surface area contributed by atoms with Gasteiger partial charge in [0.05, 0.1) is 6.20 Å². The molecule has 82 valence electrons. The zero-order valence-electron chi connectivity index (χ0n) is 8.50. The molecule has 0 spiro atoms. The van der Waals surface area contributed by atoms with Gasteiger partial charge in [-0.3, -0.25) is 4.79 Å². The van der Waals surface area contributed by atoms with Crippen LogP contribution in [0.15, 0.2) is 22.9 Å². The second-order valence-corrected chi connectivity index (χ2v) is 3.77. The van der Waals surface area contributed by atoms with Gasteiger partial charge < -0.3 is 10.1 Å². The van der Waals surface area contributed by atoms with Gasteiger partial charge in [0.15, 0.2) is 6.61 Å². The predicted octanol–water partition coefficient (Wildman–Crippen LogP) is 1.75. The van der Waals surface area contributed by atoms with Crippen LogP contribution in [-0.2, 0) is 4.79 Å². The number of halogens is 1. The topological polar surface area (TPSA) is 51.2 Å². The Bertz CT molecular complexity index is 314. The Hall–Kier alpha value is -1.10. The average Bonchev–Trinajstić information content (AvgIpc) is 2.25. The van der Waals surface area contributed by atoms with Crippen LogP contribution in [-0.4, -0.2) is 24.0 Å². The van der Waals surface area contributed by atoms with E-state index in [1.165, 1.54) is 0 Å². The van der Waals surface area contributed by atoms with Gasteiger partial charge in [0, 0.05) is 6.54 Å². The van der Waals surface area contributed by atoms with Crippen molar-refractivity contribution < 1.29 is 9.53 Å². The number of nitrogens with one attached hydrogen (secondary N) is 1. The largest absolute Gasteiger partial charge is 0.482 e. The number of rotatable bonds is 5. The number of nitrogens with zero attached hydrogens (tertiary/aromatic N) is 1. The molecular formula is C10H13BrN2O2. The van der Waals surface area contributed by atoms with Crippen LogP contribution in [0.5, 0.6) is 5.75 Å². The molecule has 0 aliphatic rings. The van der Waals surface area contributed by atoms with Crippen LogP contribution >= 0.6 is 15.9 Å². The zero-order chi connectivity index (χ0) is 11.1. The van der Waals surface area contributed by atoms with Gasteiger partial charge in [-0.1, -0.05) is 6.92 Å². The molecule has 0 aliphatic heterocycles. The highest BCUT2D eigenvalue weighted by atomic mass is 79.9. The van der Waals surface area contributed by atoms with Crippen LogP contribution < -0.4 is 10.1 Å². The van der Waals surface area contributed by atoms with Crippen LogP contribution in [0, 0.1) is 0 Å². The van der Waals surface area contributed by atoms with E-state index < -0.39 is 0 Å². The molecule has 0 aromatic carbocycles. The van der Waals surface area contributed by atoms with Crippen LogP contribution in [0.25, 0.3) is 0 Å². The van der Waals surface area contributed by atoms with E-state index in [1.807, 2.05) is 6.92 Å². The van der Waals surface area contributed by atoms with Gasteiger partial charge in [0.2, 0.25) is 0 Å². The number of hydrogen-bond donors (Lipinski definition) is 1. The lowest BCUT2D eigenvalue weighted by Crippen LogP contribution is -2.29. The summed E-state index contributed by atoms with van der Waals surface area (Å²) in [5.74, 6) is 0.476. The number of hydrogen-bond acceptors (Lipinski definition) is 3. The van der Waals surface area contributed by atoms with Crippen molar-refractivity contribution in [3.05, 3.63) is 22.9 Å². The third kappa shape index (κ3) is 4.78. The standard InChI is InChI=1S/C10H13BrN2O2/c1-2-5-12-10(14)7-15-8-3-4-9(11)13-6-8/h3-4,6H,2,5,7H2,1H3,(H,12,14). The number of carbonyl (C=O) groups is 1. The number of pyridine rings is 1. The zero-order valence-corrected chi connectivity index (χ0v) is 10.1. The minimum absolute atomic E-state index is 0.0311. The molecule has 1 heterocycles. The number of ether oxygens (including phenoxy) is 1. The van der Waals surface area contributed by atoms with E-state index in [-0.39, 0.29) is 12.5 Å². The summed E-state index contributed by atoms with van der Waals surface area (Å²) in [5, 5.41) is 2.72. The number of carbonyl (C=O) groups excluding carboxylic acids is 1. The quantitative estimate of drug-likeness (QED) is 0.831. The summed E-state index contributed by atoms with van der Waals surface area (Å²) in [6.07, 6.45) is 2.49. The average molecular weight is 273 g/mol. The Morgan fingerprint density at radius 1 is 1.60 bits per heavy atom. The molecule has 1 aromatic rings. The van der Waals surface area contributed by atoms with E-state index >= 15 is 0 Å². The second-order valence-electron chi connectivity index (χ2n) is 2.96. The second kappa shape index (κ2) is 6.40. The molecule has 0 saturated carbocycles. The fourth-order valence-corrected chi connectivity index (χ4v) is 1.15. The molecule has 0 bridgehead atoms. The van der Waals surface area contributed by atoms with Gasteiger partial charge in [0.25, 0.3) is 5.91 Å². The summed E-state index contributed by atoms with van der Waals surface area (Å²) in [6.45, 7) is 2.71. The fourth-order valence-electron chi connectivity index (χ4n) is 0.912. The van der Waals surface area contributed by atoms with Crippen LogP contribution in [0.4, 0.5) is 0 Å². The Balaban J connectivity index is 2.30. The van der Waals surface area contributed by atoms with Crippen molar-refractivity contribution in [2.45, 2.75) is 13.3 Å². The van der Waals surface area contributed by atoms with Gasteiger partial charge in [-0.25, -0.2) is 4.98 Å². The molecule has 1 amide bonds. The predicted molar refractivity (Wildman–Crippen MR) is 60.7 cm³/mol. The number of aromatic nitrogens is 1. The van der Waals surface area contributed by atoms with E-state index in [4.69, 9.17) is 4.74 Å². The monoisotopic (exact) mass is 272 g/mol. The first-order valence-electron chi connectivity index (χ1n) is 4.73. The molecule has 0 fully saturated rings. The molecule has 4 nitrogen and oxygen atoms in total. The maximum atomic E-state index is 11.2. The lowest BCUT2D eigenvalue weighted by molar-refractivity contribution is -0.123. The van der Waals surface area contributed by atoms with Gasteiger partial charge in [-0.15, -0.1) is 0 Å². The van der Waals surface area contributed by atoms with Gasteiger partial charge in [-0.2, -0.15) is 0 Å². The summed E-state index contributed by atoms with van der Waals surface area (Å²) < 4.78 is 5.97. The molecule has 1 aromatic heterocycles. The highest BCUT2D eigenvalue weighted by Crippen LogP contribution is 2.12. The van der Waals surface area contributed by atoms with Crippen LogP contribution in [0.3, 0.4) is 0 Å². The Morgan fingerprint density at radius 2 is 2.40 bits per heavy atom. The van der Waals surface area contributed by atoms with E-state index in [2.05, 4.69) is 26.2 Å². The molecule has 0 aliphatic carbocycles. The van der Waals surface area contributed by atoms with Crippen molar-refractivity contribution in [2.24, 2.45) is 0 Å². The fraction of sp³-hybridized carbons (Fsp3) is 0.400. The Morgan fingerprint density at radius 3 is 3.00 bits per heavy atom. The van der Waals surface area contributed by atoms with Gasteiger partial charge in [0.1, 0.15) is 10.4 Å². The maximum Gasteiger partial charge on any atom is 0.257 e. The van der Waals surface area contributed by atoms with E-state index in [1.54, 1.807) is 18.3 Å². The lowest BCUT2D eigenvalue weighted by Gasteiger charge is -2.05. The third-order valence-electron chi connectivity index (χ3n) is 1.64. The molecule has 5 heteroatoms. The SMILES string of the molecule is CCCNC(=O)COc1ccc(Br)nc1. The third-order valence-corrected chi connectivity index (χ3v) is 2.11. The first-order chi connectivity index (χ1) is 7.22. The van der Waals surface area contributed by atoms with Crippen molar-refractivity contribution in [3.8, 4) is 5.75 Å². The van der Waals surface area contributed by atoms with Crippen molar-refractivity contribution in [1.82, 2.24) is 10.3 Å². The molecule has 0 saturated heterocycles. The van der Waals surface area contributed by atoms with E-state index in [9.17, 15) is 4.79 Å². The Kier molecular flexibility index (Phi) is 5.10. The maximum absolute atomic E-state index is 11.2. The van der Waals surface area contributed by atoms with Crippen LogP contribution in [0.2, 0.25) is 0 Å². The Labute approximate surface area is 97.2 Å². The van der Waals surface area contributed by atoms with Crippen molar-refractivity contribution >= 4 is 21.8 Å². The molecule has 0 unspecified atom stereocenters. The summed E-state index contributed by atoms with van der Waals surface area (Å²) in [5.41, 5.74) is 0. The van der Waals surface area contributed by atoms with Gasteiger partial charge >= 0.3 is 0 Å². The smallest absolute Gasteiger partial charge is 0.257 e. The molecule has 0 atom stereocenters. The lowest BCUT2D eigenvalue weighted by atomic mass is 10.4. The van der Waals surface area contributed by atoms with Crippen molar-refractivity contribution in [3.63, 3.8) is 0 Å². The highest BCUT2D eigenvalue weighted by Gasteiger charge is 2.01. The van der Waals surface area contributed by atoms with Gasteiger partial charge in [-0.05, 0) is 34.5 Å². The molecular weight excluding hydrogens is 260 g/mol.